The maximum absolute atomic E-state index is 12.9. The summed E-state index contributed by atoms with van der Waals surface area (Å²) in [5.41, 5.74) is 2.79. The van der Waals surface area contributed by atoms with E-state index in [0.717, 1.165) is 21.3 Å². The van der Waals surface area contributed by atoms with Gasteiger partial charge in [-0.2, -0.15) is 0 Å². The molecular formula is C12H10FNS. The molecule has 0 atom stereocenters. The van der Waals surface area contributed by atoms with E-state index in [1.807, 2.05) is 19.1 Å². The molecule has 0 saturated heterocycles. The van der Waals surface area contributed by atoms with Crippen molar-refractivity contribution in [2.75, 3.05) is 0 Å². The second-order valence-electron chi connectivity index (χ2n) is 3.40. The Morgan fingerprint density at radius 3 is 2.67 bits per heavy atom. The normalized spacial score (nSPS) is 10.3. The topological polar surface area (TPSA) is 15.8 Å². The molecule has 1 heterocycles. The highest BCUT2D eigenvalue weighted by atomic mass is 32.1. The summed E-state index contributed by atoms with van der Waals surface area (Å²) in [5, 5.41) is 0. The van der Waals surface area contributed by atoms with Crippen LogP contribution < -0.4 is 0 Å². The standard InChI is InChI=1S/C12H10FNS/c1-8-6-9(13)2-3-11(8)12-7-10(15)4-5-14-12/h2-7H,1H3,(H,14,15). The first-order chi connectivity index (χ1) is 7.16. The van der Waals surface area contributed by atoms with Crippen molar-refractivity contribution in [3.8, 4) is 11.3 Å². The Hall–Kier alpha value is -1.48. The highest BCUT2D eigenvalue weighted by Crippen LogP contribution is 2.21. The van der Waals surface area contributed by atoms with E-state index in [9.17, 15) is 4.39 Å². The fourth-order valence-electron chi connectivity index (χ4n) is 1.53. The lowest BCUT2D eigenvalue weighted by Gasteiger charge is -2.05. The van der Waals surface area contributed by atoms with Crippen molar-refractivity contribution in [2.24, 2.45) is 0 Å². The number of rotatable bonds is 1. The third-order valence-corrected chi connectivity index (χ3v) is 2.51. The Morgan fingerprint density at radius 2 is 2.00 bits per heavy atom. The van der Waals surface area contributed by atoms with Crippen LogP contribution in [0.1, 0.15) is 5.56 Å². The quantitative estimate of drug-likeness (QED) is 0.720. The van der Waals surface area contributed by atoms with Crippen LogP contribution in [0.5, 0.6) is 0 Å². The number of H-pyrrole nitrogens is 1. The molecule has 0 aliphatic rings. The number of benzene rings is 1. The number of nitrogens with one attached hydrogen (secondary N) is 1. The average molecular weight is 219 g/mol. The molecule has 0 unspecified atom stereocenters. The molecule has 0 saturated carbocycles. The lowest BCUT2D eigenvalue weighted by Crippen LogP contribution is -1.87. The summed E-state index contributed by atoms with van der Waals surface area (Å²) in [6.45, 7) is 1.88. The number of aromatic nitrogens is 1. The van der Waals surface area contributed by atoms with Gasteiger partial charge in [-0.3, -0.25) is 0 Å². The zero-order valence-electron chi connectivity index (χ0n) is 8.25. The van der Waals surface area contributed by atoms with Crippen LogP contribution in [-0.4, -0.2) is 4.98 Å². The number of aryl methyl sites for hydroxylation is 1. The van der Waals surface area contributed by atoms with E-state index in [1.54, 1.807) is 12.3 Å². The summed E-state index contributed by atoms with van der Waals surface area (Å²) in [6, 6.07) is 8.41. The van der Waals surface area contributed by atoms with E-state index < -0.39 is 0 Å². The first-order valence-corrected chi connectivity index (χ1v) is 5.03. The second-order valence-corrected chi connectivity index (χ2v) is 3.87. The molecule has 0 radical (unpaired) electrons. The van der Waals surface area contributed by atoms with Crippen molar-refractivity contribution in [2.45, 2.75) is 6.92 Å². The van der Waals surface area contributed by atoms with Crippen LogP contribution in [0.4, 0.5) is 4.39 Å². The van der Waals surface area contributed by atoms with Crippen molar-refractivity contribution < 1.29 is 4.39 Å². The predicted octanol–water partition coefficient (Wildman–Crippen LogP) is 3.86. The molecule has 0 aliphatic carbocycles. The van der Waals surface area contributed by atoms with Crippen LogP contribution in [-0.2, 0) is 0 Å². The van der Waals surface area contributed by atoms with Gasteiger partial charge in [-0.05, 0) is 42.8 Å². The number of pyridine rings is 1. The molecule has 3 heteroatoms. The molecule has 0 aliphatic heterocycles. The average Bonchev–Trinajstić information content (AvgIpc) is 2.17. The summed E-state index contributed by atoms with van der Waals surface area (Å²) < 4.78 is 13.7. The number of aromatic amines is 1. The maximum Gasteiger partial charge on any atom is 0.123 e. The van der Waals surface area contributed by atoms with Crippen molar-refractivity contribution >= 4 is 12.2 Å². The van der Waals surface area contributed by atoms with E-state index >= 15 is 0 Å². The van der Waals surface area contributed by atoms with Crippen LogP contribution in [0.25, 0.3) is 11.3 Å². The number of hydrogen-bond acceptors (Lipinski definition) is 1. The van der Waals surface area contributed by atoms with Gasteiger partial charge in [0.1, 0.15) is 5.82 Å². The van der Waals surface area contributed by atoms with Gasteiger partial charge < -0.3 is 4.98 Å². The Bertz CT molecular complexity index is 545. The second kappa shape index (κ2) is 3.95. The van der Waals surface area contributed by atoms with Crippen LogP contribution in [0.3, 0.4) is 0 Å². The summed E-state index contributed by atoms with van der Waals surface area (Å²) >= 11 is 5.07. The molecule has 1 N–H and O–H groups in total. The summed E-state index contributed by atoms with van der Waals surface area (Å²) in [7, 11) is 0. The molecule has 2 aromatic rings. The Labute approximate surface area is 92.6 Å². The van der Waals surface area contributed by atoms with Gasteiger partial charge in [0.05, 0.1) is 0 Å². The molecule has 0 amide bonds. The lowest BCUT2D eigenvalue weighted by molar-refractivity contribution is 0.627. The van der Waals surface area contributed by atoms with Crippen LogP contribution in [0.15, 0.2) is 36.5 Å². The van der Waals surface area contributed by atoms with E-state index in [0.29, 0.717) is 0 Å². The van der Waals surface area contributed by atoms with Crippen molar-refractivity contribution in [1.29, 1.82) is 0 Å². The molecular weight excluding hydrogens is 209 g/mol. The highest BCUT2D eigenvalue weighted by Gasteiger charge is 2.02. The van der Waals surface area contributed by atoms with Gasteiger partial charge in [0, 0.05) is 22.0 Å². The predicted molar refractivity (Wildman–Crippen MR) is 61.8 cm³/mol. The van der Waals surface area contributed by atoms with Gasteiger partial charge >= 0.3 is 0 Å². The summed E-state index contributed by atoms with van der Waals surface area (Å²) in [5.74, 6) is -0.217. The molecule has 0 bridgehead atoms. The third-order valence-electron chi connectivity index (χ3n) is 2.25. The molecule has 15 heavy (non-hydrogen) atoms. The minimum atomic E-state index is -0.217. The zero-order valence-corrected chi connectivity index (χ0v) is 9.07. The van der Waals surface area contributed by atoms with Gasteiger partial charge in [-0.1, -0.05) is 12.2 Å². The van der Waals surface area contributed by atoms with Crippen LogP contribution >= 0.6 is 12.2 Å². The minimum Gasteiger partial charge on any atom is -0.361 e. The van der Waals surface area contributed by atoms with E-state index in [1.165, 1.54) is 12.1 Å². The zero-order chi connectivity index (χ0) is 10.8. The molecule has 2 rings (SSSR count). The highest BCUT2D eigenvalue weighted by molar-refractivity contribution is 7.71. The van der Waals surface area contributed by atoms with E-state index in [2.05, 4.69) is 4.98 Å². The van der Waals surface area contributed by atoms with Crippen molar-refractivity contribution in [3.05, 3.63) is 52.4 Å². The van der Waals surface area contributed by atoms with Gasteiger partial charge in [0.2, 0.25) is 0 Å². The molecule has 0 spiro atoms. The first-order valence-electron chi connectivity index (χ1n) is 4.62. The molecule has 1 nitrogen and oxygen atoms in total. The summed E-state index contributed by atoms with van der Waals surface area (Å²) in [6.07, 6.45) is 1.79. The molecule has 76 valence electrons. The summed E-state index contributed by atoms with van der Waals surface area (Å²) in [4.78, 5) is 3.10. The fourth-order valence-corrected chi connectivity index (χ4v) is 1.72. The Kier molecular flexibility index (Phi) is 2.64. The van der Waals surface area contributed by atoms with Crippen molar-refractivity contribution in [1.82, 2.24) is 4.98 Å². The van der Waals surface area contributed by atoms with Crippen molar-refractivity contribution in [3.63, 3.8) is 0 Å². The molecule has 1 aromatic heterocycles. The first kappa shape index (κ1) is 10.1. The molecule has 0 fully saturated rings. The smallest absolute Gasteiger partial charge is 0.123 e. The van der Waals surface area contributed by atoms with Crippen LogP contribution in [0.2, 0.25) is 0 Å². The SMILES string of the molecule is Cc1cc(F)ccc1-c1cc(=S)cc[nH]1. The lowest BCUT2D eigenvalue weighted by atomic mass is 10.1. The Balaban J connectivity index is 2.59. The van der Waals surface area contributed by atoms with E-state index in [-0.39, 0.29) is 5.82 Å². The van der Waals surface area contributed by atoms with Gasteiger partial charge in [0.25, 0.3) is 0 Å². The number of hydrogen-bond donors (Lipinski definition) is 1. The monoisotopic (exact) mass is 219 g/mol. The molecule has 1 aromatic carbocycles. The maximum atomic E-state index is 12.9. The number of halogens is 1. The van der Waals surface area contributed by atoms with Gasteiger partial charge in [-0.25, -0.2) is 4.39 Å². The van der Waals surface area contributed by atoms with E-state index in [4.69, 9.17) is 12.2 Å². The fraction of sp³-hybridized carbons (Fsp3) is 0.0833. The minimum absolute atomic E-state index is 0.217. The third kappa shape index (κ3) is 2.13. The van der Waals surface area contributed by atoms with Crippen LogP contribution in [0, 0.1) is 17.3 Å². The Morgan fingerprint density at radius 1 is 1.20 bits per heavy atom. The van der Waals surface area contributed by atoms with Gasteiger partial charge in [0.15, 0.2) is 0 Å². The van der Waals surface area contributed by atoms with Gasteiger partial charge in [-0.15, -0.1) is 0 Å². The largest absolute Gasteiger partial charge is 0.361 e.